The Morgan fingerprint density at radius 3 is 2.44 bits per heavy atom. The second-order valence-corrected chi connectivity index (χ2v) is 9.03. The lowest BCUT2D eigenvalue weighted by atomic mass is 10.1. The molecule has 0 bridgehead atoms. The Bertz CT molecular complexity index is 1300. The van der Waals surface area contributed by atoms with E-state index in [9.17, 15) is 14.4 Å². The number of nitrogens with one attached hydrogen (secondary N) is 1. The summed E-state index contributed by atoms with van der Waals surface area (Å²) in [5.41, 5.74) is 6.42. The maximum Gasteiger partial charge on any atom is 0.351 e. The van der Waals surface area contributed by atoms with Crippen LogP contribution in [0.1, 0.15) is 15.9 Å². The smallest absolute Gasteiger partial charge is 0.351 e. The average molecular weight is 510 g/mol. The standard InChI is InChI=1S/C26H28ClN5O4/c1-30-13-15-31(16-14-30)20-5-7-21(8-6-20)36-25(34)23-22(10-12-32(24(23)33)26(28)35)29-11-9-18-3-2-4-19(27)17-18/h2-8,10,12,17,29H,9,11,13-16H2,1H3,(H2,28,35). The van der Waals surface area contributed by atoms with E-state index in [1.165, 1.54) is 12.3 Å². The molecule has 2 aromatic carbocycles. The van der Waals surface area contributed by atoms with Gasteiger partial charge in [0.1, 0.15) is 11.3 Å². The van der Waals surface area contributed by atoms with Gasteiger partial charge in [-0.3, -0.25) is 4.79 Å². The van der Waals surface area contributed by atoms with Crippen LogP contribution >= 0.6 is 11.6 Å². The molecule has 0 spiro atoms. The molecule has 2 heterocycles. The quantitative estimate of drug-likeness (QED) is 0.372. The van der Waals surface area contributed by atoms with E-state index < -0.39 is 17.6 Å². The van der Waals surface area contributed by atoms with E-state index in [0.717, 1.165) is 37.4 Å². The SMILES string of the molecule is CN1CCN(c2ccc(OC(=O)c3c(NCCc4cccc(Cl)c4)ccn(C(N)=O)c3=O)cc2)CC1. The van der Waals surface area contributed by atoms with Gasteiger partial charge < -0.3 is 25.6 Å². The number of ether oxygens (including phenoxy) is 1. The number of benzene rings is 2. The maximum absolute atomic E-state index is 13.1. The molecule has 4 rings (SSSR count). The fourth-order valence-corrected chi connectivity index (χ4v) is 4.25. The van der Waals surface area contributed by atoms with Crippen LogP contribution in [0.4, 0.5) is 16.2 Å². The first-order valence-corrected chi connectivity index (χ1v) is 12.0. The number of halogens is 1. The summed E-state index contributed by atoms with van der Waals surface area (Å²) in [6, 6.07) is 15.0. The van der Waals surface area contributed by atoms with Gasteiger partial charge in [-0.2, -0.15) is 0 Å². The van der Waals surface area contributed by atoms with E-state index in [2.05, 4.69) is 22.2 Å². The number of likely N-dealkylation sites (N-methyl/N-ethyl adjacent to an activating group) is 1. The number of esters is 1. The monoisotopic (exact) mass is 509 g/mol. The number of carbonyl (C=O) groups is 2. The predicted molar refractivity (Wildman–Crippen MR) is 140 cm³/mol. The summed E-state index contributed by atoms with van der Waals surface area (Å²) < 4.78 is 6.18. The molecule has 36 heavy (non-hydrogen) atoms. The highest BCUT2D eigenvalue weighted by Gasteiger charge is 2.22. The molecule has 0 atom stereocenters. The molecule has 3 aromatic rings. The van der Waals surface area contributed by atoms with E-state index >= 15 is 0 Å². The largest absolute Gasteiger partial charge is 0.423 e. The number of carbonyl (C=O) groups excluding carboxylic acids is 2. The van der Waals surface area contributed by atoms with Gasteiger partial charge in [-0.15, -0.1) is 0 Å². The summed E-state index contributed by atoms with van der Waals surface area (Å²) in [4.78, 5) is 42.2. The van der Waals surface area contributed by atoms with Crippen LogP contribution in [0.5, 0.6) is 5.75 Å². The third-order valence-corrected chi connectivity index (χ3v) is 6.30. The highest BCUT2D eigenvalue weighted by molar-refractivity contribution is 6.30. The molecule has 3 N–H and O–H groups in total. The van der Waals surface area contributed by atoms with Crippen LogP contribution in [0, 0.1) is 0 Å². The molecule has 0 radical (unpaired) electrons. The van der Waals surface area contributed by atoms with Crippen LogP contribution in [-0.4, -0.2) is 61.2 Å². The number of primary amides is 1. The van der Waals surface area contributed by atoms with Crippen molar-refractivity contribution < 1.29 is 14.3 Å². The van der Waals surface area contributed by atoms with Gasteiger partial charge in [0.05, 0.1) is 5.69 Å². The first-order valence-electron chi connectivity index (χ1n) is 11.6. The van der Waals surface area contributed by atoms with E-state index in [1.807, 2.05) is 30.3 Å². The van der Waals surface area contributed by atoms with Gasteiger partial charge in [0.25, 0.3) is 5.56 Å². The lowest BCUT2D eigenvalue weighted by molar-refractivity contribution is 0.0733. The third kappa shape index (κ3) is 6.05. The van der Waals surface area contributed by atoms with Crippen molar-refractivity contribution in [1.82, 2.24) is 9.47 Å². The number of hydrogen-bond acceptors (Lipinski definition) is 7. The zero-order chi connectivity index (χ0) is 25.7. The van der Waals surface area contributed by atoms with Crippen LogP contribution in [-0.2, 0) is 6.42 Å². The zero-order valence-electron chi connectivity index (χ0n) is 19.9. The van der Waals surface area contributed by atoms with Crippen molar-refractivity contribution in [2.75, 3.05) is 50.0 Å². The van der Waals surface area contributed by atoms with Crippen molar-refractivity contribution in [3.63, 3.8) is 0 Å². The second kappa shape index (κ2) is 11.3. The van der Waals surface area contributed by atoms with Gasteiger partial charge in [-0.05, 0) is 61.5 Å². The Balaban J connectivity index is 1.50. The molecule has 1 aliphatic heterocycles. The third-order valence-electron chi connectivity index (χ3n) is 6.07. The van der Waals surface area contributed by atoms with Crippen molar-refractivity contribution in [2.45, 2.75) is 6.42 Å². The number of piperazine rings is 1. The number of hydrogen-bond donors (Lipinski definition) is 2. The molecular formula is C26H28ClN5O4. The van der Waals surface area contributed by atoms with E-state index in [0.29, 0.717) is 22.6 Å². The average Bonchev–Trinajstić information content (AvgIpc) is 2.85. The molecule has 10 heteroatoms. The van der Waals surface area contributed by atoms with Crippen LogP contribution in [0.3, 0.4) is 0 Å². The number of pyridine rings is 1. The van der Waals surface area contributed by atoms with Crippen molar-refractivity contribution in [3.05, 3.63) is 87.3 Å². The molecule has 1 fully saturated rings. The summed E-state index contributed by atoms with van der Waals surface area (Å²) in [6.07, 6.45) is 1.83. The van der Waals surface area contributed by atoms with Gasteiger partial charge in [-0.25, -0.2) is 14.2 Å². The summed E-state index contributed by atoms with van der Waals surface area (Å²) in [6.45, 7) is 4.20. The molecular weight excluding hydrogens is 482 g/mol. The lowest BCUT2D eigenvalue weighted by Gasteiger charge is -2.34. The number of nitrogens with zero attached hydrogens (tertiary/aromatic N) is 3. The molecule has 1 aromatic heterocycles. The molecule has 188 valence electrons. The Hall–Kier alpha value is -3.82. The first kappa shape index (κ1) is 25.3. The van der Waals surface area contributed by atoms with Crippen molar-refractivity contribution >= 4 is 35.0 Å². The Morgan fingerprint density at radius 2 is 1.78 bits per heavy atom. The topological polar surface area (TPSA) is 110 Å². The molecule has 1 aliphatic rings. The number of aromatic nitrogens is 1. The minimum Gasteiger partial charge on any atom is -0.423 e. The van der Waals surface area contributed by atoms with E-state index in [-0.39, 0.29) is 17.0 Å². The number of amides is 1. The number of nitrogens with two attached hydrogens (primary N) is 1. The number of rotatable bonds is 7. The van der Waals surface area contributed by atoms with Gasteiger partial charge in [-0.1, -0.05) is 23.7 Å². The second-order valence-electron chi connectivity index (χ2n) is 8.60. The normalized spacial score (nSPS) is 13.9. The van der Waals surface area contributed by atoms with Crippen molar-refractivity contribution in [3.8, 4) is 5.75 Å². The maximum atomic E-state index is 13.1. The summed E-state index contributed by atoms with van der Waals surface area (Å²) in [5.74, 6) is -0.593. The molecule has 0 aliphatic carbocycles. The lowest BCUT2D eigenvalue weighted by Crippen LogP contribution is -2.44. The highest BCUT2D eigenvalue weighted by Crippen LogP contribution is 2.22. The molecule has 1 amide bonds. The van der Waals surface area contributed by atoms with Gasteiger partial charge in [0.2, 0.25) is 0 Å². The van der Waals surface area contributed by atoms with Crippen LogP contribution in [0.2, 0.25) is 5.02 Å². The van der Waals surface area contributed by atoms with E-state index in [4.69, 9.17) is 22.1 Å². The van der Waals surface area contributed by atoms with Crippen LogP contribution in [0.25, 0.3) is 0 Å². The van der Waals surface area contributed by atoms with Crippen molar-refractivity contribution in [2.24, 2.45) is 5.73 Å². The van der Waals surface area contributed by atoms with Gasteiger partial charge >= 0.3 is 12.0 Å². The minimum atomic E-state index is -0.990. The zero-order valence-corrected chi connectivity index (χ0v) is 20.7. The Kier molecular flexibility index (Phi) is 7.92. The summed E-state index contributed by atoms with van der Waals surface area (Å²) in [7, 11) is 2.09. The molecule has 0 unspecified atom stereocenters. The highest BCUT2D eigenvalue weighted by atomic mass is 35.5. The number of anilines is 2. The Labute approximate surface area is 214 Å². The van der Waals surface area contributed by atoms with Crippen molar-refractivity contribution in [1.29, 1.82) is 0 Å². The molecule has 0 saturated carbocycles. The van der Waals surface area contributed by atoms with Crippen LogP contribution < -0.4 is 26.2 Å². The fourth-order valence-electron chi connectivity index (χ4n) is 4.04. The van der Waals surface area contributed by atoms with E-state index in [1.54, 1.807) is 18.2 Å². The molecule has 1 saturated heterocycles. The van der Waals surface area contributed by atoms with Gasteiger partial charge in [0, 0.05) is 49.6 Å². The summed E-state index contributed by atoms with van der Waals surface area (Å²) >= 11 is 6.04. The minimum absolute atomic E-state index is 0.249. The fraction of sp³-hybridized carbons (Fsp3) is 0.269. The predicted octanol–water partition coefficient (Wildman–Crippen LogP) is 3.05. The summed E-state index contributed by atoms with van der Waals surface area (Å²) in [5, 5.41) is 3.72. The first-order chi connectivity index (χ1) is 17.3. The van der Waals surface area contributed by atoms with Gasteiger partial charge in [0.15, 0.2) is 0 Å². The Morgan fingerprint density at radius 1 is 1.06 bits per heavy atom. The molecule has 9 nitrogen and oxygen atoms in total. The van der Waals surface area contributed by atoms with Crippen LogP contribution in [0.15, 0.2) is 65.6 Å².